The van der Waals surface area contributed by atoms with Gasteiger partial charge >= 0.3 is 12.1 Å². The van der Waals surface area contributed by atoms with Gasteiger partial charge in [0.05, 0.1) is 22.3 Å². The first-order valence-electron chi connectivity index (χ1n) is 9.44. The molecule has 0 aliphatic carbocycles. The minimum atomic E-state index is -4.95. The van der Waals surface area contributed by atoms with Gasteiger partial charge in [-0.2, -0.15) is 13.2 Å². The van der Waals surface area contributed by atoms with Gasteiger partial charge in [0.15, 0.2) is 9.84 Å². The van der Waals surface area contributed by atoms with Crippen LogP contribution in [0.1, 0.15) is 15.9 Å². The van der Waals surface area contributed by atoms with Crippen LogP contribution in [0.5, 0.6) is 0 Å². The van der Waals surface area contributed by atoms with Crippen molar-refractivity contribution >= 4 is 39.0 Å². The van der Waals surface area contributed by atoms with Crippen molar-refractivity contribution in [3.05, 3.63) is 77.1 Å². The number of aliphatic carboxylic acids is 1. The van der Waals surface area contributed by atoms with Crippen LogP contribution in [0, 0.1) is 0 Å². The van der Waals surface area contributed by atoms with Gasteiger partial charge in [-0.25, -0.2) is 8.42 Å². The normalized spacial score (nSPS) is 11.8. The predicted octanol–water partition coefficient (Wildman–Crippen LogP) is 4.56. The number of nitrogens with zero attached hydrogens (tertiary/aromatic N) is 2. The van der Waals surface area contributed by atoms with Crippen molar-refractivity contribution in [1.82, 2.24) is 4.98 Å². The zero-order valence-corrected chi connectivity index (χ0v) is 18.9. The Kier molecular flexibility index (Phi) is 6.99. The Morgan fingerprint density at radius 3 is 2.35 bits per heavy atom. The molecule has 0 atom stereocenters. The van der Waals surface area contributed by atoms with E-state index in [-0.39, 0.29) is 10.7 Å². The molecule has 3 rings (SSSR count). The first-order valence-corrected chi connectivity index (χ1v) is 11.7. The smallest absolute Gasteiger partial charge is 0.416 e. The maximum Gasteiger partial charge on any atom is 0.416 e. The van der Waals surface area contributed by atoms with E-state index >= 15 is 0 Å². The molecule has 0 aliphatic heterocycles. The number of carbonyl (C=O) groups excluding carboxylic acids is 1. The van der Waals surface area contributed by atoms with Crippen LogP contribution in [0.15, 0.2) is 65.8 Å². The van der Waals surface area contributed by atoms with Gasteiger partial charge in [0.2, 0.25) is 0 Å². The van der Waals surface area contributed by atoms with Crippen LogP contribution in [0.3, 0.4) is 0 Å². The van der Waals surface area contributed by atoms with Gasteiger partial charge in [-0.3, -0.25) is 19.5 Å². The van der Waals surface area contributed by atoms with Crippen LogP contribution in [0.2, 0.25) is 5.02 Å². The highest BCUT2D eigenvalue weighted by atomic mass is 35.5. The topological polar surface area (TPSA) is 105 Å². The van der Waals surface area contributed by atoms with Crippen molar-refractivity contribution in [3.8, 4) is 11.1 Å². The van der Waals surface area contributed by atoms with E-state index in [2.05, 4.69) is 4.98 Å². The van der Waals surface area contributed by atoms with Crippen LogP contribution in [-0.4, -0.2) is 43.2 Å². The summed E-state index contributed by atoms with van der Waals surface area (Å²) in [5.74, 6) is -2.63. The number of rotatable bonds is 6. The average Bonchev–Trinajstić information content (AvgIpc) is 2.76. The Morgan fingerprint density at radius 2 is 1.76 bits per heavy atom. The number of aromatic nitrogens is 1. The lowest BCUT2D eigenvalue weighted by atomic mass is 10.0. The molecule has 1 N–H and O–H groups in total. The monoisotopic (exact) mass is 512 g/mol. The van der Waals surface area contributed by atoms with Gasteiger partial charge in [0.1, 0.15) is 6.54 Å². The fraction of sp³-hybridized carbons (Fsp3) is 0.136. The van der Waals surface area contributed by atoms with E-state index in [0.29, 0.717) is 34.4 Å². The van der Waals surface area contributed by atoms with Crippen molar-refractivity contribution in [2.75, 3.05) is 17.7 Å². The Hall–Kier alpha value is -3.44. The van der Waals surface area contributed by atoms with E-state index in [1.54, 1.807) is 24.3 Å². The summed E-state index contributed by atoms with van der Waals surface area (Å²) in [7, 11) is -4.13. The van der Waals surface area contributed by atoms with Crippen LogP contribution >= 0.6 is 11.6 Å². The quantitative estimate of drug-likeness (QED) is 0.519. The SMILES string of the molecule is CS(=O)(=O)c1cc(C(=O)N(CC(=O)O)c2cnccc2-c2ccccc2Cl)cc(C(F)(F)F)c1. The molecular formula is C22H16ClF3N2O5S. The number of hydrogen-bond donors (Lipinski definition) is 1. The molecule has 1 aromatic heterocycles. The molecule has 34 heavy (non-hydrogen) atoms. The summed E-state index contributed by atoms with van der Waals surface area (Å²) in [5.41, 5.74) is -1.35. The fourth-order valence-corrected chi connectivity index (χ4v) is 4.09. The molecule has 0 aliphatic rings. The van der Waals surface area contributed by atoms with E-state index in [9.17, 15) is 36.3 Å². The van der Waals surface area contributed by atoms with Gasteiger partial charge in [0.25, 0.3) is 5.91 Å². The Balaban J connectivity index is 2.23. The molecule has 1 amide bonds. The molecule has 12 heteroatoms. The zero-order valence-electron chi connectivity index (χ0n) is 17.4. The van der Waals surface area contributed by atoms with E-state index in [0.717, 1.165) is 6.07 Å². The largest absolute Gasteiger partial charge is 0.480 e. The van der Waals surface area contributed by atoms with Crippen molar-refractivity contribution in [2.45, 2.75) is 11.1 Å². The van der Waals surface area contributed by atoms with Crippen LogP contribution in [0.4, 0.5) is 18.9 Å². The molecule has 0 saturated carbocycles. The highest BCUT2D eigenvalue weighted by molar-refractivity contribution is 7.90. The lowest BCUT2D eigenvalue weighted by Crippen LogP contribution is -2.36. The van der Waals surface area contributed by atoms with Gasteiger partial charge < -0.3 is 5.11 Å². The molecule has 0 spiro atoms. The zero-order chi connectivity index (χ0) is 25.3. The van der Waals surface area contributed by atoms with Gasteiger partial charge in [-0.05, 0) is 30.3 Å². The number of alkyl halides is 3. The number of hydrogen-bond acceptors (Lipinski definition) is 5. The van der Waals surface area contributed by atoms with Crippen molar-refractivity contribution in [1.29, 1.82) is 0 Å². The summed E-state index contributed by atoms with van der Waals surface area (Å²) in [4.78, 5) is 28.8. The summed E-state index contributed by atoms with van der Waals surface area (Å²) in [6.07, 6.45) is -1.71. The fourth-order valence-electron chi connectivity index (χ4n) is 3.17. The van der Waals surface area contributed by atoms with Gasteiger partial charge in [-0.1, -0.05) is 29.8 Å². The number of sulfone groups is 1. The average molecular weight is 513 g/mol. The minimum absolute atomic E-state index is 0.0404. The lowest BCUT2D eigenvalue weighted by molar-refractivity contribution is -0.138. The van der Waals surface area contributed by atoms with E-state index in [1.165, 1.54) is 18.5 Å². The first kappa shape index (κ1) is 25.2. The summed E-state index contributed by atoms with van der Waals surface area (Å²) in [5, 5.41) is 9.68. The second kappa shape index (κ2) is 9.43. The summed E-state index contributed by atoms with van der Waals surface area (Å²) < 4.78 is 64.2. The maximum absolute atomic E-state index is 13.4. The summed E-state index contributed by atoms with van der Waals surface area (Å²) in [6, 6.07) is 9.60. The highest BCUT2D eigenvalue weighted by Gasteiger charge is 2.34. The molecule has 0 saturated heterocycles. The predicted molar refractivity (Wildman–Crippen MR) is 119 cm³/mol. The van der Waals surface area contributed by atoms with E-state index in [4.69, 9.17) is 11.6 Å². The van der Waals surface area contributed by atoms with Crippen molar-refractivity contribution in [2.24, 2.45) is 0 Å². The summed E-state index contributed by atoms with van der Waals surface area (Å²) >= 11 is 6.25. The highest BCUT2D eigenvalue weighted by Crippen LogP contribution is 2.36. The molecule has 0 unspecified atom stereocenters. The van der Waals surface area contributed by atoms with Crippen LogP contribution in [-0.2, 0) is 20.8 Å². The third-order valence-corrected chi connectivity index (χ3v) is 6.12. The molecule has 7 nitrogen and oxygen atoms in total. The number of amides is 1. The Morgan fingerprint density at radius 1 is 1.09 bits per heavy atom. The van der Waals surface area contributed by atoms with Crippen LogP contribution in [0.25, 0.3) is 11.1 Å². The molecule has 1 heterocycles. The first-order chi connectivity index (χ1) is 15.8. The molecule has 0 radical (unpaired) electrons. The van der Waals surface area contributed by atoms with Crippen molar-refractivity contribution < 1.29 is 36.3 Å². The number of carboxylic acid groups (broad SMARTS) is 1. The molecule has 178 valence electrons. The minimum Gasteiger partial charge on any atom is -0.480 e. The van der Waals surface area contributed by atoms with E-state index < -0.39 is 50.5 Å². The van der Waals surface area contributed by atoms with Gasteiger partial charge in [0, 0.05) is 34.2 Å². The Bertz CT molecular complexity index is 1380. The molecule has 0 fully saturated rings. The maximum atomic E-state index is 13.4. The van der Waals surface area contributed by atoms with Crippen LogP contribution < -0.4 is 4.90 Å². The second-order valence-electron chi connectivity index (χ2n) is 7.17. The molecule has 2 aromatic carbocycles. The summed E-state index contributed by atoms with van der Waals surface area (Å²) in [6.45, 7) is -0.938. The number of carboxylic acids is 1. The molecule has 0 bridgehead atoms. The second-order valence-corrected chi connectivity index (χ2v) is 9.60. The third kappa shape index (κ3) is 5.54. The Labute approximate surface area is 197 Å². The number of benzene rings is 2. The molecule has 3 aromatic rings. The van der Waals surface area contributed by atoms with Crippen molar-refractivity contribution in [3.63, 3.8) is 0 Å². The number of halogens is 4. The lowest BCUT2D eigenvalue weighted by Gasteiger charge is -2.24. The standard InChI is InChI=1S/C22H16ClF3N2O5S/c1-34(32,33)15-9-13(8-14(10-15)22(24,25)26)21(31)28(12-20(29)30)19-11-27-7-6-17(19)16-4-2-3-5-18(16)23/h2-11H,12H2,1H3,(H,29,30). The number of carbonyl (C=O) groups is 2. The third-order valence-electron chi connectivity index (χ3n) is 4.70. The molecular weight excluding hydrogens is 497 g/mol. The number of anilines is 1. The number of pyridine rings is 1. The van der Waals surface area contributed by atoms with E-state index in [1.807, 2.05) is 0 Å². The van der Waals surface area contributed by atoms with Gasteiger partial charge in [-0.15, -0.1) is 0 Å².